The van der Waals surface area contributed by atoms with Crippen LogP contribution in [0.2, 0.25) is 0 Å². The second-order valence-electron chi connectivity index (χ2n) is 7.83. The summed E-state index contributed by atoms with van der Waals surface area (Å²) in [6.07, 6.45) is 17.9. The standard InChI is InChI=1S/2C11H11.C7H8Si.2ClH.Zr/c2*1-9-5-2-3-6-10-7-4-8-11(9)10;8-6-7-4-2-1-3-5-7;;;/h2*2-9H,1H3;1-5,8H,6H2;2*1H;/q2*-1;;;;+2/p-2. The fraction of sp³-hybridized carbons (Fsp3) is 0.172. The third kappa shape index (κ3) is 9.38. The molecule has 5 rings (SSSR count). The SMILES string of the molecule is CC1C=CC=Cc2[cH-]ccc21.CC1C=CC=Cc2[cH-]ccc21.[Cl-].[Cl-].[Zr+2]=[SiH]Cc1ccccc1. The first-order valence-corrected chi connectivity index (χ1v) is 16.6. The van der Waals surface area contributed by atoms with Crippen LogP contribution in [0.1, 0.15) is 53.5 Å². The van der Waals surface area contributed by atoms with Crippen molar-refractivity contribution >= 4 is 18.3 Å². The average Bonchev–Trinajstić information content (AvgIpc) is 3.38. The molecule has 3 aromatic rings. The van der Waals surface area contributed by atoms with E-state index in [1.165, 1.54) is 33.9 Å². The molecule has 0 saturated carbocycles. The van der Waals surface area contributed by atoms with Crippen LogP contribution in [0.15, 0.2) is 103 Å². The summed E-state index contributed by atoms with van der Waals surface area (Å²) in [7, 11) is 0. The molecule has 0 radical (unpaired) electrons. The Balaban J connectivity index is 0.000000242. The van der Waals surface area contributed by atoms with E-state index >= 15 is 0 Å². The normalized spacial score (nSPS) is 16.7. The summed E-state index contributed by atoms with van der Waals surface area (Å²) in [4.78, 5) is 0. The van der Waals surface area contributed by atoms with Gasteiger partial charge in [-0.1, -0.05) is 38.2 Å². The van der Waals surface area contributed by atoms with Crippen LogP contribution in [0.3, 0.4) is 0 Å². The number of rotatable bonds is 2. The van der Waals surface area contributed by atoms with Crippen LogP contribution in [0.5, 0.6) is 0 Å². The zero-order valence-electron chi connectivity index (χ0n) is 19.2. The molecular weight excluding hydrogens is 539 g/mol. The molecule has 170 valence electrons. The van der Waals surface area contributed by atoms with Gasteiger partial charge in [0.1, 0.15) is 0 Å². The fourth-order valence-corrected chi connectivity index (χ4v) is 5.99. The van der Waals surface area contributed by atoms with Gasteiger partial charge in [0, 0.05) is 0 Å². The topological polar surface area (TPSA) is 0 Å². The molecule has 0 spiro atoms. The summed E-state index contributed by atoms with van der Waals surface area (Å²) >= 11 is 1.72. The van der Waals surface area contributed by atoms with Gasteiger partial charge in [0.05, 0.1) is 0 Å². The van der Waals surface area contributed by atoms with Crippen molar-refractivity contribution in [1.82, 2.24) is 0 Å². The number of fused-ring (bicyclic) bond motifs is 2. The molecule has 0 N–H and O–H groups in total. The van der Waals surface area contributed by atoms with E-state index in [1.54, 1.807) is 23.3 Å². The Morgan fingerprint density at radius 3 is 1.67 bits per heavy atom. The van der Waals surface area contributed by atoms with Crippen LogP contribution in [-0.4, -0.2) is 6.16 Å². The van der Waals surface area contributed by atoms with Crippen molar-refractivity contribution in [2.45, 2.75) is 31.7 Å². The minimum absolute atomic E-state index is 0. The van der Waals surface area contributed by atoms with E-state index in [0.29, 0.717) is 18.0 Å². The summed E-state index contributed by atoms with van der Waals surface area (Å²) in [6, 6.07) is 25.0. The Bertz CT molecular complexity index is 1010. The first-order chi connectivity index (χ1) is 15.2. The van der Waals surface area contributed by atoms with Crippen molar-refractivity contribution in [3.05, 3.63) is 131 Å². The van der Waals surface area contributed by atoms with Crippen molar-refractivity contribution in [3.63, 3.8) is 0 Å². The predicted molar refractivity (Wildman–Crippen MR) is 135 cm³/mol. The van der Waals surface area contributed by atoms with Gasteiger partial charge in [0.25, 0.3) is 0 Å². The molecule has 0 heterocycles. The maximum atomic E-state index is 2.22. The molecule has 0 bridgehead atoms. The van der Waals surface area contributed by atoms with E-state index in [9.17, 15) is 0 Å². The molecule has 0 amide bonds. The van der Waals surface area contributed by atoms with Crippen LogP contribution in [-0.2, 0) is 29.4 Å². The van der Waals surface area contributed by atoms with Crippen molar-refractivity contribution in [2.24, 2.45) is 0 Å². The molecule has 2 unspecified atom stereocenters. The summed E-state index contributed by atoms with van der Waals surface area (Å²) < 4.78 is 0. The van der Waals surface area contributed by atoms with E-state index in [1.807, 2.05) is 0 Å². The van der Waals surface area contributed by atoms with Gasteiger partial charge in [0.15, 0.2) is 0 Å². The molecule has 2 aliphatic carbocycles. The number of allylic oxidation sites excluding steroid dienone is 6. The number of hydrogen-bond acceptors (Lipinski definition) is 0. The average molecular weight is 569 g/mol. The molecule has 0 saturated heterocycles. The zero-order chi connectivity index (χ0) is 21.9. The van der Waals surface area contributed by atoms with Gasteiger partial charge in [-0.15, -0.1) is 36.4 Å². The molecule has 2 aliphatic rings. The van der Waals surface area contributed by atoms with Crippen molar-refractivity contribution in [1.29, 1.82) is 0 Å². The Morgan fingerprint density at radius 2 is 1.21 bits per heavy atom. The predicted octanol–water partition coefficient (Wildman–Crippen LogP) is 1.28. The van der Waals surface area contributed by atoms with Gasteiger partial charge in [-0.3, -0.25) is 0 Å². The van der Waals surface area contributed by atoms with E-state index < -0.39 is 0 Å². The minimum atomic E-state index is 0. The molecule has 0 fully saturated rings. The summed E-state index contributed by atoms with van der Waals surface area (Å²) in [6.45, 7) is 4.45. The third-order valence-electron chi connectivity index (χ3n) is 5.50. The molecule has 0 aromatic heterocycles. The van der Waals surface area contributed by atoms with Crippen LogP contribution in [0.4, 0.5) is 0 Å². The number of hydrogen-bond donors (Lipinski definition) is 0. The van der Waals surface area contributed by atoms with Gasteiger partial charge >= 0.3 is 71.4 Å². The quantitative estimate of drug-likeness (QED) is 0.323. The Labute approximate surface area is 227 Å². The van der Waals surface area contributed by atoms with Crippen molar-refractivity contribution in [2.75, 3.05) is 0 Å². The van der Waals surface area contributed by atoms with Crippen LogP contribution in [0.25, 0.3) is 12.2 Å². The number of halogens is 2. The summed E-state index contributed by atoms with van der Waals surface area (Å²) in [5.41, 5.74) is 7.11. The molecule has 0 aliphatic heterocycles. The second-order valence-corrected chi connectivity index (χ2v) is 11.7. The Kier molecular flexibility index (Phi) is 14.6. The van der Waals surface area contributed by atoms with Crippen LogP contribution in [0, 0.1) is 0 Å². The van der Waals surface area contributed by atoms with E-state index in [-0.39, 0.29) is 24.8 Å². The maximum absolute atomic E-state index is 2.22. The van der Waals surface area contributed by atoms with Gasteiger partial charge in [-0.2, -0.15) is 46.5 Å². The van der Waals surface area contributed by atoms with E-state index in [0.717, 1.165) is 0 Å². The van der Waals surface area contributed by atoms with Gasteiger partial charge in [-0.05, 0) is 11.8 Å². The Morgan fingerprint density at radius 1 is 0.727 bits per heavy atom. The fourth-order valence-electron chi connectivity index (χ4n) is 3.75. The molecule has 4 heteroatoms. The van der Waals surface area contributed by atoms with Gasteiger partial charge < -0.3 is 24.8 Å². The van der Waals surface area contributed by atoms with Crippen molar-refractivity contribution in [3.8, 4) is 0 Å². The summed E-state index contributed by atoms with van der Waals surface area (Å²) in [5, 5.41) is 0. The van der Waals surface area contributed by atoms with E-state index in [4.69, 9.17) is 0 Å². The van der Waals surface area contributed by atoms with Crippen molar-refractivity contribution < 1.29 is 48.1 Å². The number of benzene rings is 1. The molecule has 2 atom stereocenters. The van der Waals surface area contributed by atoms with E-state index in [2.05, 4.69) is 129 Å². The first kappa shape index (κ1) is 29.6. The monoisotopic (exact) mass is 566 g/mol. The molecule has 33 heavy (non-hydrogen) atoms. The second kappa shape index (κ2) is 16.2. The summed E-state index contributed by atoms with van der Waals surface area (Å²) in [5.74, 6) is 1.13. The van der Waals surface area contributed by atoms with Gasteiger partial charge in [-0.25, -0.2) is 0 Å². The van der Waals surface area contributed by atoms with Gasteiger partial charge in [0.2, 0.25) is 0 Å². The Hall–Kier alpha value is -1.44. The van der Waals surface area contributed by atoms with Crippen LogP contribution < -0.4 is 24.8 Å². The first-order valence-electron chi connectivity index (χ1n) is 10.9. The molecular formula is C29H30Cl2SiZr-2. The molecule has 0 nitrogen and oxygen atoms in total. The van der Waals surface area contributed by atoms with Crippen LogP contribution >= 0.6 is 0 Å². The molecule has 3 aromatic carbocycles. The third-order valence-corrected chi connectivity index (χ3v) is 7.69. The zero-order valence-corrected chi connectivity index (χ0v) is 24.3.